The van der Waals surface area contributed by atoms with E-state index < -0.39 is 29.9 Å². The van der Waals surface area contributed by atoms with E-state index in [0.717, 1.165) is 6.92 Å². The third kappa shape index (κ3) is 7.36. The summed E-state index contributed by atoms with van der Waals surface area (Å²) in [4.78, 5) is 41.7. The summed E-state index contributed by atoms with van der Waals surface area (Å²) in [6.07, 6.45) is -0.522. The van der Waals surface area contributed by atoms with Crippen molar-refractivity contribution in [3.8, 4) is 0 Å². The summed E-state index contributed by atoms with van der Waals surface area (Å²) in [5.41, 5.74) is 0. The number of ketones is 2. The largest absolute Gasteiger partial charge is 0.387 e. The van der Waals surface area contributed by atoms with Gasteiger partial charge in [0.25, 0.3) is 0 Å². The second-order valence-electron chi connectivity index (χ2n) is 2.18. The molecule has 13 heavy (non-hydrogen) atoms. The first-order valence-electron chi connectivity index (χ1n) is 3.18. The van der Waals surface area contributed by atoms with Crippen LogP contribution in [0.15, 0.2) is 0 Å². The van der Waals surface area contributed by atoms with Crippen LogP contribution in [-0.4, -0.2) is 23.5 Å². The molecule has 6 heteroatoms. The average Bonchev–Trinajstić information content (AvgIpc) is 1.84. The first-order chi connectivity index (χ1) is 5.43. The summed E-state index contributed by atoms with van der Waals surface area (Å²) in [6.45, 7) is 2.16. The summed E-state index contributed by atoms with van der Waals surface area (Å²) in [6, 6.07) is 0. The SMILES string of the molecule is CC(=O)CC(=O)C(=O)OC(C)=O.[Cu]. The third-order valence-electron chi connectivity index (χ3n) is 0.874. The first-order valence-corrected chi connectivity index (χ1v) is 3.18. The maximum absolute atomic E-state index is 10.6. The Balaban J connectivity index is 0. The maximum atomic E-state index is 10.6. The minimum Gasteiger partial charge on any atom is -0.387 e. The van der Waals surface area contributed by atoms with Crippen molar-refractivity contribution in [3.63, 3.8) is 0 Å². The van der Waals surface area contributed by atoms with Gasteiger partial charge in [0, 0.05) is 24.0 Å². The van der Waals surface area contributed by atoms with E-state index in [9.17, 15) is 19.2 Å². The zero-order valence-corrected chi connectivity index (χ0v) is 7.99. The van der Waals surface area contributed by atoms with E-state index in [1.807, 2.05) is 0 Å². The van der Waals surface area contributed by atoms with Gasteiger partial charge in [0.05, 0.1) is 6.42 Å². The van der Waals surface area contributed by atoms with Gasteiger partial charge < -0.3 is 4.74 Å². The van der Waals surface area contributed by atoms with Gasteiger partial charge in [-0.1, -0.05) is 0 Å². The molecule has 0 fully saturated rings. The maximum Gasteiger partial charge on any atom is 0.382 e. The van der Waals surface area contributed by atoms with Crippen molar-refractivity contribution in [2.24, 2.45) is 0 Å². The Bertz CT molecular complexity index is 219. The van der Waals surface area contributed by atoms with Crippen molar-refractivity contribution in [1.29, 1.82) is 0 Å². The van der Waals surface area contributed by atoms with E-state index in [2.05, 4.69) is 4.74 Å². The number of hydrogen-bond acceptors (Lipinski definition) is 5. The van der Waals surface area contributed by atoms with E-state index in [1.54, 1.807) is 0 Å². The van der Waals surface area contributed by atoms with Crippen molar-refractivity contribution >= 4 is 23.5 Å². The Kier molecular flexibility index (Phi) is 7.27. The molecule has 0 atom stereocenters. The molecular weight excluding hydrogens is 228 g/mol. The Morgan fingerprint density at radius 1 is 1.08 bits per heavy atom. The summed E-state index contributed by atoms with van der Waals surface area (Å²) in [5.74, 6) is -3.59. The molecule has 0 aromatic heterocycles. The van der Waals surface area contributed by atoms with Crippen LogP contribution < -0.4 is 0 Å². The topological polar surface area (TPSA) is 77.5 Å². The Morgan fingerprint density at radius 2 is 1.54 bits per heavy atom. The molecule has 0 saturated heterocycles. The summed E-state index contributed by atoms with van der Waals surface area (Å²) in [7, 11) is 0. The van der Waals surface area contributed by atoms with Crippen LogP contribution in [0.2, 0.25) is 0 Å². The van der Waals surface area contributed by atoms with E-state index in [1.165, 1.54) is 6.92 Å². The molecule has 0 amide bonds. The Labute approximate surface area is 85.3 Å². The van der Waals surface area contributed by atoms with E-state index in [4.69, 9.17) is 0 Å². The minimum atomic E-state index is -1.28. The molecule has 5 nitrogen and oxygen atoms in total. The van der Waals surface area contributed by atoms with Crippen LogP contribution in [-0.2, 0) is 41.0 Å². The van der Waals surface area contributed by atoms with E-state index >= 15 is 0 Å². The monoisotopic (exact) mass is 235 g/mol. The number of hydrogen-bond donors (Lipinski definition) is 0. The number of Topliss-reactive ketones (excluding diaryl/α,β-unsaturated/α-hetero) is 2. The average molecular weight is 236 g/mol. The molecule has 0 bridgehead atoms. The number of ether oxygens (including phenoxy) is 1. The molecule has 0 unspecified atom stereocenters. The molecule has 0 spiro atoms. The fourth-order valence-corrected chi connectivity index (χ4v) is 0.486. The smallest absolute Gasteiger partial charge is 0.382 e. The number of esters is 2. The predicted octanol–water partition coefficient (Wildman–Crippen LogP) is -0.378. The van der Waals surface area contributed by atoms with Gasteiger partial charge in [0.15, 0.2) is 0 Å². The second-order valence-corrected chi connectivity index (χ2v) is 2.18. The summed E-state index contributed by atoms with van der Waals surface area (Å²) in [5, 5.41) is 0. The molecule has 0 saturated carbocycles. The predicted molar refractivity (Wildman–Crippen MR) is 37.1 cm³/mol. The summed E-state index contributed by atoms with van der Waals surface area (Å²) < 4.78 is 3.93. The van der Waals surface area contributed by atoms with Gasteiger partial charge in [-0.25, -0.2) is 4.79 Å². The molecule has 0 N–H and O–H groups in total. The molecular formula is C7H8CuO5. The zero-order valence-electron chi connectivity index (χ0n) is 7.05. The van der Waals surface area contributed by atoms with Crippen molar-refractivity contribution in [3.05, 3.63) is 0 Å². The molecule has 77 valence electrons. The molecule has 1 radical (unpaired) electrons. The number of carbonyl (C=O) groups excluding carboxylic acids is 4. The first kappa shape index (κ1) is 14.5. The summed E-state index contributed by atoms with van der Waals surface area (Å²) >= 11 is 0. The van der Waals surface area contributed by atoms with Crippen molar-refractivity contribution in [1.82, 2.24) is 0 Å². The number of rotatable bonds is 3. The molecule has 0 rings (SSSR count). The quantitative estimate of drug-likeness (QED) is 0.289. The van der Waals surface area contributed by atoms with Gasteiger partial charge in [-0.2, -0.15) is 0 Å². The Hall–Kier alpha value is -1.00. The molecule has 0 aromatic rings. The molecule has 0 aliphatic rings. The van der Waals surface area contributed by atoms with Gasteiger partial charge >= 0.3 is 11.9 Å². The van der Waals surface area contributed by atoms with Crippen LogP contribution in [0.4, 0.5) is 0 Å². The van der Waals surface area contributed by atoms with Crippen LogP contribution in [0, 0.1) is 0 Å². The van der Waals surface area contributed by atoms with Gasteiger partial charge in [0.1, 0.15) is 5.78 Å². The Morgan fingerprint density at radius 3 is 1.85 bits per heavy atom. The fourth-order valence-electron chi connectivity index (χ4n) is 0.486. The standard InChI is InChI=1S/C7H8O5.Cu/c1-4(8)3-6(10)7(11)12-5(2)9;/h3H2,1-2H3;. The van der Waals surface area contributed by atoms with Gasteiger partial charge in [-0.15, -0.1) is 0 Å². The molecule has 0 aliphatic heterocycles. The van der Waals surface area contributed by atoms with E-state index in [0.29, 0.717) is 0 Å². The second kappa shape index (κ2) is 6.51. The van der Waals surface area contributed by atoms with E-state index in [-0.39, 0.29) is 17.1 Å². The van der Waals surface area contributed by atoms with Crippen LogP contribution in [0.5, 0.6) is 0 Å². The zero-order chi connectivity index (χ0) is 9.72. The van der Waals surface area contributed by atoms with Gasteiger partial charge in [0.2, 0.25) is 5.78 Å². The van der Waals surface area contributed by atoms with Gasteiger partial charge in [-0.3, -0.25) is 14.4 Å². The van der Waals surface area contributed by atoms with Crippen molar-refractivity contribution in [2.45, 2.75) is 20.3 Å². The third-order valence-corrected chi connectivity index (χ3v) is 0.874. The van der Waals surface area contributed by atoms with Crippen molar-refractivity contribution < 1.29 is 41.0 Å². The van der Waals surface area contributed by atoms with Crippen LogP contribution >= 0.6 is 0 Å². The normalized spacial score (nSPS) is 8.15. The number of carbonyl (C=O) groups is 4. The molecule has 0 aliphatic carbocycles. The van der Waals surface area contributed by atoms with Crippen LogP contribution in [0.1, 0.15) is 20.3 Å². The molecule has 0 aromatic carbocycles. The van der Waals surface area contributed by atoms with Gasteiger partial charge in [-0.05, 0) is 6.92 Å². The van der Waals surface area contributed by atoms with Crippen LogP contribution in [0.25, 0.3) is 0 Å². The van der Waals surface area contributed by atoms with Crippen molar-refractivity contribution in [2.75, 3.05) is 0 Å². The van der Waals surface area contributed by atoms with Crippen LogP contribution in [0.3, 0.4) is 0 Å². The fraction of sp³-hybridized carbons (Fsp3) is 0.429. The molecule has 0 heterocycles. The minimum absolute atomic E-state index is 0.